The summed E-state index contributed by atoms with van der Waals surface area (Å²) in [6.07, 6.45) is 2.95. The normalized spacial score (nSPS) is 27.1. The van der Waals surface area contributed by atoms with E-state index < -0.39 is 17.5 Å². The minimum Gasteiger partial charge on any atom is -0.326 e. The highest BCUT2D eigenvalue weighted by molar-refractivity contribution is 5.96. The molecule has 0 bridgehead atoms. The van der Waals surface area contributed by atoms with Gasteiger partial charge in [0, 0.05) is 11.3 Å². The Morgan fingerprint density at radius 1 is 1.44 bits per heavy atom. The molecule has 0 aliphatic heterocycles. The maximum absolute atomic E-state index is 13.1. The molecule has 98 valence electrons. The van der Waals surface area contributed by atoms with Gasteiger partial charge in [-0.1, -0.05) is 24.3 Å². The van der Waals surface area contributed by atoms with Crippen LogP contribution >= 0.6 is 0 Å². The fraction of sp³-hybridized carbons (Fsp3) is 0.462. The molecular formula is C13H14F3NO. The van der Waals surface area contributed by atoms with Crippen molar-refractivity contribution in [2.75, 3.05) is 0 Å². The van der Waals surface area contributed by atoms with Crippen LogP contribution in [0, 0.1) is 5.41 Å². The first kappa shape index (κ1) is 12.9. The van der Waals surface area contributed by atoms with Gasteiger partial charge in [0.15, 0.2) is 0 Å². The van der Waals surface area contributed by atoms with Gasteiger partial charge in [-0.15, -0.1) is 0 Å². The molecule has 1 amide bonds. The molecule has 1 atom stereocenters. The lowest BCUT2D eigenvalue weighted by molar-refractivity contribution is -0.204. The summed E-state index contributed by atoms with van der Waals surface area (Å²) in [6.45, 7) is 1.07. The van der Waals surface area contributed by atoms with Crippen LogP contribution in [0.15, 0.2) is 35.6 Å². The standard InChI is InChI=1S/C13H14F3NO/c1-12(13(14,15)16)8-3-2-7-10(12)11(18)17-9-5-4-6-9/h2-3,5,7H,4,6,8H2,1H3,(H,17,18). The van der Waals surface area contributed by atoms with Crippen LogP contribution in [0.3, 0.4) is 0 Å². The lowest BCUT2D eigenvalue weighted by Crippen LogP contribution is -2.43. The summed E-state index contributed by atoms with van der Waals surface area (Å²) in [4.78, 5) is 11.9. The molecule has 0 aromatic heterocycles. The number of alkyl halides is 3. The summed E-state index contributed by atoms with van der Waals surface area (Å²) in [5.74, 6) is -0.648. The van der Waals surface area contributed by atoms with E-state index in [1.54, 1.807) is 0 Å². The van der Waals surface area contributed by atoms with E-state index in [1.165, 1.54) is 18.2 Å². The van der Waals surface area contributed by atoms with Crippen molar-refractivity contribution in [3.05, 3.63) is 35.6 Å². The highest BCUT2D eigenvalue weighted by Gasteiger charge is 2.55. The van der Waals surface area contributed by atoms with E-state index in [0.29, 0.717) is 5.70 Å². The third-order valence-corrected chi connectivity index (χ3v) is 3.47. The number of halogens is 3. The molecule has 2 aliphatic rings. The molecule has 2 rings (SSSR count). The lowest BCUT2D eigenvalue weighted by Gasteiger charge is -2.34. The SMILES string of the molecule is CC1(C(F)(F)F)CC=CC=C1C(=O)NC1=CCC1. The minimum atomic E-state index is -4.44. The molecule has 0 aromatic carbocycles. The fourth-order valence-electron chi connectivity index (χ4n) is 1.97. The van der Waals surface area contributed by atoms with Crippen molar-refractivity contribution < 1.29 is 18.0 Å². The van der Waals surface area contributed by atoms with Crippen LogP contribution in [0.25, 0.3) is 0 Å². The van der Waals surface area contributed by atoms with Crippen LogP contribution in [0.5, 0.6) is 0 Å². The summed E-state index contributed by atoms with van der Waals surface area (Å²) in [5, 5.41) is 2.53. The van der Waals surface area contributed by atoms with Crippen LogP contribution in [-0.2, 0) is 4.79 Å². The Hall–Kier alpha value is -1.52. The van der Waals surface area contributed by atoms with Crippen molar-refractivity contribution in [3.8, 4) is 0 Å². The van der Waals surface area contributed by atoms with Crippen LogP contribution in [-0.4, -0.2) is 12.1 Å². The number of rotatable bonds is 2. The molecule has 0 heterocycles. The van der Waals surface area contributed by atoms with Gasteiger partial charge in [0.05, 0.1) is 5.41 Å². The van der Waals surface area contributed by atoms with Crippen molar-refractivity contribution >= 4 is 5.91 Å². The predicted octanol–water partition coefficient (Wildman–Crippen LogP) is 3.24. The summed E-state index contributed by atoms with van der Waals surface area (Å²) in [6, 6.07) is 0. The van der Waals surface area contributed by atoms with E-state index in [9.17, 15) is 18.0 Å². The van der Waals surface area contributed by atoms with Crippen LogP contribution < -0.4 is 5.32 Å². The highest BCUT2D eigenvalue weighted by Crippen LogP contribution is 2.48. The zero-order valence-electron chi connectivity index (χ0n) is 9.97. The van der Waals surface area contributed by atoms with Crippen molar-refractivity contribution in [2.24, 2.45) is 5.41 Å². The Kier molecular flexibility index (Phi) is 3.09. The third-order valence-electron chi connectivity index (χ3n) is 3.47. The van der Waals surface area contributed by atoms with Crippen molar-refractivity contribution in [1.29, 1.82) is 0 Å². The summed E-state index contributed by atoms with van der Waals surface area (Å²) in [7, 11) is 0. The molecule has 0 radical (unpaired) electrons. The number of nitrogens with one attached hydrogen (secondary N) is 1. The van der Waals surface area contributed by atoms with E-state index in [0.717, 1.165) is 19.8 Å². The van der Waals surface area contributed by atoms with Crippen molar-refractivity contribution in [3.63, 3.8) is 0 Å². The topological polar surface area (TPSA) is 29.1 Å². The second kappa shape index (κ2) is 4.30. The Labute approximate surface area is 103 Å². The third kappa shape index (κ3) is 2.09. The van der Waals surface area contributed by atoms with Gasteiger partial charge in [0.1, 0.15) is 0 Å². The van der Waals surface area contributed by atoms with Crippen molar-refractivity contribution in [1.82, 2.24) is 5.32 Å². The first-order valence-electron chi connectivity index (χ1n) is 5.79. The van der Waals surface area contributed by atoms with Crippen LogP contribution in [0.1, 0.15) is 26.2 Å². The average Bonchev–Trinajstić information content (AvgIpc) is 2.22. The fourth-order valence-corrected chi connectivity index (χ4v) is 1.97. The molecule has 0 spiro atoms. The molecule has 2 nitrogen and oxygen atoms in total. The number of carbonyl (C=O) groups is 1. The van der Waals surface area contributed by atoms with Crippen LogP contribution in [0.4, 0.5) is 13.2 Å². The predicted molar refractivity (Wildman–Crippen MR) is 61.5 cm³/mol. The van der Waals surface area contributed by atoms with E-state index in [1.807, 2.05) is 6.08 Å². The van der Waals surface area contributed by atoms with E-state index in [4.69, 9.17) is 0 Å². The Morgan fingerprint density at radius 3 is 2.61 bits per heavy atom. The Bertz CT molecular complexity index is 459. The summed E-state index contributed by atoms with van der Waals surface area (Å²) < 4.78 is 39.3. The second-order valence-corrected chi connectivity index (χ2v) is 4.76. The number of carbonyl (C=O) groups excluding carboxylic acids is 1. The van der Waals surface area contributed by atoms with Gasteiger partial charge in [-0.25, -0.2) is 0 Å². The molecule has 0 saturated heterocycles. The molecule has 2 aliphatic carbocycles. The first-order chi connectivity index (χ1) is 8.34. The van der Waals surface area contributed by atoms with Gasteiger partial charge < -0.3 is 5.32 Å². The smallest absolute Gasteiger partial charge is 0.326 e. The molecule has 5 heteroatoms. The molecule has 1 unspecified atom stereocenters. The maximum Gasteiger partial charge on any atom is 0.398 e. The zero-order chi connectivity index (χ0) is 13.4. The molecule has 0 saturated carbocycles. The zero-order valence-corrected chi connectivity index (χ0v) is 9.97. The average molecular weight is 257 g/mol. The Morgan fingerprint density at radius 2 is 2.11 bits per heavy atom. The molecule has 1 N–H and O–H groups in total. The van der Waals surface area contributed by atoms with Crippen molar-refractivity contribution in [2.45, 2.75) is 32.4 Å². The van der Waals surface area contributed by atoms with Gasteiger partial charge >= 0.3 is 6.18 Å². The number of hydrogen-bond donors (Lipinski definition) is 1. The van der Waals surface area contributed by atoms with Gasteiger partial charge in [0.25, 0.3) is 5.91 Å². The molecule has 0 aromatic rings. The van der Waals surface area contributed by atoms with E-state index in [-0.39, 0.29) is 12.0 Å². The number of amides is 1. The first-order valence-corrected chi connectivity index (χ1v) is 5.79. The molecule has 0 fully saturated rings. The molecular weight excluding hydrogens is 243 g/mol. The number of hydrogen-bond acceptors (Lipinski definition) is 1. The van der Waals surface area contributed by atoms with Gasteiger partial charge in [-0.3, -0.25) is 4.79 Å². The monoisotopic (exact) mass is 257 g/mol. The highest BCUT2D eigenvalue weighted by atomic mass is 19.4. The Balaban J connectivity index is 2.25. The van der Waals surface area contributed by atoms with E-state index in [2.05, 4.69) is 5.32 Å². The second-order valence-electron chi connectivity index (χ2n) is 4.76. The minimum absolute atomic E-state index is 0.200. The summed E-state index contributed by atoms with van der Waals surface area (Å²) in [5.41, 5.74) is -1.61. The lowest BCUT2D eigenvalue weighted by atomic mass is 9.75. The number of allylic oxidation sites excluding steroid dienone is 5. The van der Waals surface area contributed by atoms with Gasteiger partial charge in [0.2, 0.25) is 0 Å². The quantitative estimate of drug-likeness (QED) is 0.808. The molecule has 18 heavy (non-hydrogen) atoms. The van der Waals surface area contributed by atoms with Crippen LogP contribution in [0.2, 0.25) is 0 Å². The van der Waals surface area contributed by atoms with Gasteiger partial charge in [-0.2, -0.15) is 13.2 Å². The summed E-state index contributed by atoms with van der Waals surface area (Å²) >= 11 is 0. The maximum atomic E-state index is 13.1. The van der Waals surface area contributed by atoms with E-state index >= 15 is 0 Å². The van der Waals surface area contributed by atoms with Gasteiger partial charge in [-0.05, 0) is 26.2 Å². The largest absolute Gasteiger partial charge is 0.398 e.